The van der Waals surface area contributed by atoms with Gasteiger partial charge >= 0.3 is 0 Å². The van der Waals surface area contributed by atoms with Crippen molar-refractivity contribution in [3.8, 4) is 16.1 Å². The number of pyridine rings is 1. The number of benzene rings is 6. The number of hydrogen-bond acceptors (Lipinski definition) is 1. The monoisotopic (exact) mass is 538 g/mol. The summed E-state index contributed by atoms with van der Waals surface area (Å²) in [5.41, 5.74) is 7.60. The third-order valence-corrected chi connectivity index (χ3v) is 10.0. The molecule has 190 valence electrons. The number of hydrogen-bond donors (Lipinski definition) is 0. The number of para-hydroxylation sites is 3. The van der Waals surface area contributed by atoms with Gasteiger partial charge in [-0.3, -0.25) is 4.40 Å². The lowest BCUT2D eigenvalue weighted by molar-refractivity contribution is 1.23. The largest absolute Gasteiger partial charge is 0.300 e. The highest BCUT2D eigenvalue weighted by Gasteiger charge is 2.26. The van der Waals surface area contributed by atoms with Gasteiger partial charge < -0.3 is 4.57 Å². The fraction of sp³-hybridized carbons (Fsp3) is 0. The third kappa shape index (κ3) is 2.67. The molecule has 0 fully saturated rings. The fourth-order valence-corrected chi connectivity index (χ4v) is 8.62. The summed E-state index contributed by atoms with van der Waals surface area (Å²) in [4.78, 5) is 1.29. The average Bonchev–Trinajstić information content (AvgIpc) is 3.69. The molecule has 0 bridgehead atoms. The van der Waals surface area contributed by atoms with Crippen LogP contribution in [0.1, 0.15) is 0 Å². The predicted molar refractivity (Wildman–Crippen MR) is 176 cm³/mol. The average molecular weight is 539 g/mol. The second kappa shape index (κ2) is 7.75. The molecule has 4 aromatic heterocycles. The van der Waals surface area contributed by atoms with E-state index in [0.29, 0.717) is 0 Å². The van der Waals surface area contributed by atoms with Crippen molar-refractivity contribution in [2.45, 2.75) is 0 Å². The van der Waals surface area contributed by atoms with Gasteiger partial charge in [-0.25, -0.2) is 0 Å². The number of nitrogens with zero attached hydrogens (tertiary/aromatic N) is 2. The van der Waals surface area contributed by atoms with Crippen LogP contribution < -0.4 is 0 Å². The van der Waals surface area contributed by atoms with Crippen LogP contribution in [0, 0.1) is 0 Å². The molecule has 0 N–H and O–H groups in total. The summed E-state index contributed by atoms with van der Waals surface area (Å²) in [5, 5.41) is 11.7. The van der Waals surface area contributed by atoms with E-state index in [-0.39, 0.29) is 0 Å². The lowest BCUT2D eigenvalue weighted by atomic mass is 9.96. The zero-order valence-electron chi connectivity index (χ0n) is 22.0. The van der Waals surface area contributed by atoms with Crippen molar-refractivity contribution in [3.63, 3.8) is 0 Å². The molecule has 0 saturated heterocycles. The van der Waals surface area contributed by atoms with Crippen molar-refractivity contribution in [2.75, 3.05) is 0 Å². The number of thiophene rings is 1. The number of aromatic nitrogens is 2. The first-order valence-electron chi connectivity index (χ1n) is 14.0. The van der Waals surface area contributed by atoms with Gasteiger partial charge in [0.15, 0.2) is 0 Å². The lowest BCUT2D eigenvalue weighted by Gasteiger charge is -2.12. The molecule has 10 aromatic rings. The van der Waals surface area contributed by atoms with Crippen molar-refractivity contribution in [1.82, 2.24) is 8.97 Å². The Bertz CT molecular complexity index is 2580. The topological polar surface area (TPSA) is 9.34 Å². The number of fused-ring (bicyclic) bond motifs is 9. The van der Waals surface area contributed by atoms with Crippen LogP contribution in [0.2, 0.25) is 0 Å². The molecule has 0 aliphatic carbocycles. The molecule has 2 nitrogen and oxygen atoms in total. The molecule has 10 rings (SSSR count). The first-order chi connectivity index (χ1) is 20.4. The molecule has 0 radical (unpaired) electrons. The Morgan fingerprint density at radius 3 is 1.78 bits per heavy atom. The minimum absolute atomic E-state index is 1.24. The second-order valence-electron chi connectivity index (χ2n) is 10.9. The first kappa shape index (κ1) is 21.7. The maximum absolute atomic E-state index is 2.55. The van der Waals surface area contributed by atoms with E-state index in [1.807, 2.05) is 11.3 Å². The summed E-state index contributed by atoms with van der Waals surface area (Å²) in [6.45, 7) is 0. The van der Waals surface area contributed by atoms with Crippen molar-refractivity contribution in [3.05, 3.63) is 133 Å². The summed E-state index contributed by atoms with van der Waals surface area (Å²) in [6.07, 6.45) is 0. The van der Waals surface area contributed by atoms with Crippen molar-refractivity contribution in [1.29, 1.82) is 0 Å². The molecule has 3 heteroatoms. The van der Waals surface area contributed by atoms with Crippen molar-refractivity contribution in [2.24, 2.45) is 0 Å². The van der Waals surface area contributed by atoms with Crippen molar-refractivity contribution >= 4 is 81.3 Å². The van der Waals surface area contributed by atoms with Gasteiger partial charge in [0.25, 0.3) is 0 Å². The highest BCUT2D eigenvalue weighted by atomic mass is 32.1. The Morgan fingerprint density at radius 2 is 1.05 bits per heavy atom. The quantitative estimate of drug-likeness (QED) is 0.207. The molecular weight excluding hydrogens is 516 g/mol. The van der Waals surface area contributed by atoms with Gasteiger partial charge in [-0.05, 0) is 34.5 Å². The first-order valence-corrected chi connectivity index (χ1v) is 14.9. The Morgan fingerprint density at radius 1 is 0.439 bits per heavy atom. The maximum Gasteiger partial charge on any atom is 0.111 e. The normalized spacial score (nSPS) is 12.4. The van der Waals surface area contributed by atoms with Crippen molar-refractivity contribution < 1.29 is 0 Å². The molecule has 0 aliphatic rings. The van der Waals surface area contributed by atoms with E-state index in [2.05, 4.69) is 142 Å². The molecule has 0 saturated carbocycles. The third-order valence-electron chi connectivity index (χ3n) is 8.87. The molecular formula is C38H22N2S. The maximum atomic E-state index is 2.55. The number of rotatable bonds is 2. The van der Waals surface area contributed by atoms with Crippen LogP contribution in [0.5, 0.6) is 0 Å². The SMILES string of the molecule is c1ccc(-c2c(-n3c4ccccc4c4ccccc43)sc3c2c2cccc4ccc5c6ccccc6n3c5c42)cc1. The lowest BCUT2D eigenvalue weighted by Crippen LogP contribution is -1.93. The zero-order chi connectivity index (χ0) is 26.7. The van der Waals surface area contributed by atoms with Crippen LogP contribution in [0.25, 0.3) is 86.1 Å². The second-order valence-corrected chi connectivity index (χ2v) is 11.9. The van der Waals surface area contributed by atoms with Gasteiger partial charge in [0.1, 0.15) is 9.83 Å². The predicted octanol–water partition coefficient (Wildman–Crippen LogP) is 10.8. The minimum Gasteiger partial charge on any atom is -0.300 e. The summed E-state index contributed by atoms with van der Waals surface area (Å²) in [5.74, 6) is 0. The van der Waals surface area contributed by atoms with Gasteiger partial charge in [0.05, 0.1) is 22.1 Å². The highest BCUT2D eigenvalue weighted by molar-refractivity contribution is 7.22. The highest BCUT2D eigenvalue weighted by Crippen LogP contribution is 2.50. The zero-order valence-corrected chi connectivity index (χ0v) is 22.8. The molecule has 0 spiro atoms. The van der Waals surface area contributed by atoms with E-state index >= 15 is 0 Å². The molecule has 6 aromatic carbocycles. The summed E-state index contributed by atoms with van der Waals surface area (Å²) >= 11 is 1.91. The van der Waals surface area contributed by atoms with E-state index in [0.717, 1.165) is 0 Å². The van der Waals surface area contributed by atoms with E-state index in [1.165, 1.54) is 86.1 Å². The van der Waals surface area contributed by atoms with Gasteiger partial charge in [0.2, 0.25) is 0 Å². The summed E-state index contributed by atoms with van der Waals surface area (Å²) in [6, 6.07) is 48.9. The van der Waals surface area contributed by atoms with E-state index in [4.69, 9.17) is 0 Å². The summed E-state index contributed by atoms with van der Waals surface area (Å²) in [7, 11) is 0. The van der Waals surface area contributed by atoms with Crippen LogP contribution >= 0.6 is 11.3 Å². The molecule has 0 unspecified atom stereocenters. The molecule has 41 heavy (non-hydrogen) atoms. The van der Waals surface area contributed by atoms with E-state index < -0.39 is 0 Å². The van der Waals surface area contributed by atoms with E-state index in [1.54, 1.807) is 0 Å². The van der Waals surface area contributed by atoms with Gasteiger partial charge in [-0.15, -0.1) is 0 Å². The van der Waals surface area contributed by atoms with Crippen LogP contribution in [0.3, 0.4) is 0 Å². The standard InChI is InChI=1S/C38H22N2S/c1-2-11-23(12-3-1)34-35-29-17-10-13-24-21-22-28-27-16-6-9-20-32(27)40(36(28)33(24)29)38(35)41-37(34)39-30-18-7-4-14-25(30)26-15-5-8-19-31(26)39/h1-22H. The smallest absolute Gasteiger partial charge is 0.111 e. The van der Waals surface area contributed by atoms with Gasteiger partial charge in [0, 0.05) is 37.9 Å². The fourth-order valence-electron chi connectivity index (χ4n) is 7.23. The Hall–Kier alpha value is -5.12. The van der Waals surface area contributed by atoms with Crippen LogP contribution in [-0.4, -0.2) is 8.97 Å². The minimum atomic E-state index is 1.24. The van der Waals surface area contributed by atoms with Gasteiger partial charge in [-0.1, -0.05) is 127 Å². The van der Waals surface area contributed by atoms with Crippen LogP contribution in [0.15, 0.2) is 133 Å². The van der Waals surface area contributed by atoms with E-state index in [9.17, 15) is 0 Å². The Kier molecular flexibility index (Phi) is 4.10. The Balaban J connectivity index is 1.54. The molecule has 4 heterocycles. The Labute approximate surface area is 239 Å². The molecule has 0 atom stereocenters. The van der Waals surface area contributed by atoms with Crippen LogP contribution in [0.4, 0.5) is 0 Å². The van der Waals surface area contributed by atoms with Gasteiger partial charge in [-0.2, -0.15) is 0 Å². The van der Waals surface area contributed by atoms with Crippen LogP contribution in [-0.2, 0) is 0 Å². The summed E-state index contributed by atoms with van der Waals surface area (Å²) < 4.78 is 5.05. The molecule has 0 amide bonds. The molecule has 0 aliphatic heterocycles.